The van der Waals surface area contributed by atoms with Gasteiger partial charge in [-0.2, -0.15) is 0 Å². The fourth-order valence-electron chi connectivity index (χ4n) is 4.62. The zero-order valence-corrected chi connectivity index (χ0v) is 26.9. The molecule has 0 aromatic heterocycles. The van der Waals surface area contributed by atoms with Crippen LogP contribution in [0.5, 0.6) is 5.75 Å². The maximum Gasteiger partial charge on any atom is 0.337 e. The van der Waals surface area contributed by atoms with Crippen LogP contribution in [-0.2, 0) is 24.4 Å². The molecule has 42 heavy (non-hydrogen) atoms. The molecular weight excluding hydrogens is 569 g/mol. The van der Waals surface area contributed by atoms with Gasteiger partial charge in [0.15, 0.2) is 0 Å². The van der Waals surface area contributed by atoms with Gasteiger partial charge in [0.1, 0.15) is 5.75 Å². The average Bonchev–Trinajstić information content (AvgIpc) is 2.98. The number of allylic oxidation sites excluding steroid dienone is 4. The van der Waals surface area contributed by atoms with Crippen molar-refractivity contribution in [3.05, 3.63) is 125 Å². The number of esters is 1. The standard InChI is InChI=1S/C34H43Cl2N3O3/c1-10-12-14-25(4)39(38(7)34(6,26(5)35)24(3)13-11-2)23-30-20-32(41-8)29(19-31(30)36)22-37-21-27-15-17-28(18-16-27)33(40)42-9/h10-12,14-20,24,37H,1-2,4-5,13,21-23H2,3,6-9H3/b14-12-/t24-,34?/m1/s1. The number of nitrogens with one attached hydrogen (secondary N) is 1. The number of likely N-dealkylation sites (N-methyl/N-ethyl adjacent to an activating group) is 1. The van der Waals surface area contributed by atoms with Gasteiger partial charge in [-0.15, -0.1) is 6.58 Å². The third-order valence-corrected chi connectivity index (χ3v) is 8.34. The smallest absolute Gasteiger partial charge is 0.337 e. The molecule has 2 aromatic carbocycles. The zero-order chi connectivity index (χ0) is 31.4. The largest absolute Gasteiger partial charge is 0.496 e. The molecule has 8 heteroatoms. The van der Waals surface area contributed by atoms with Gasteiger partial charge in [0.05, 0.1) is 31.9 Å². The van der Waals surface area contributed by atoms with Crippen LogP contribution in [0.1, 0.15) is 47.3 Å². The summed E-state index contributed by atoms with van der Waals surface area (Å²) >= 11 is 13.5. The topological polar surface area (TPSA) is 54.0 Å². The Bertz CT molecular complexity index is 1310. The molecule has 0 amide bonds. The fraction of sp³-hybridized carbons (Fsp3) is 0.324. The van der Waals surface area contributed by atoms with Crippen LogP contribution in [-0.4, -0.2) is 42.8 Å². The molecule has 1 unspecified atom stereocenters. The predicted octanol–water partition coefficient (Wildman–Crippen LogP) is 8.05. The molecule has 0 radical (unpaired) electrons. The number of hydrogen-bond acceptors (Lipinski definition) is 6. The molecule has 2 aromatic rings. The molecule has 0 saturated heterocycles. The highest BCUT2D eigenvalue weighted by Gasteiger charge is 2.40. The van der Waals surface area contributed by atoms with Crippen molar-refractivity contribution in [2.75, 3.05) is 21.3 Å². The average molecular weight is 613 g/mol. The lowest BCUT2D eigenvalue weighted by Crippen LogP contribution is -2.56. The van der Waals surface area contributed by atoms with E-state index in [4.69, 9.17) is 32.7 Å². The first-order valence-corrected chi connectivity index (χ1v) is 14.4. The fourth-order valence-corrected chi connectivity index (χ4v) is 5.18. The third-order valence-electron chi connectivity index (χ3n) is 7.61. The number of halogens is 2. The van der Waals surface area contributed by atoms with Gasteiger partial charge < -0.3 is 19.8 Å². The third kappa shape index (κ3) is 8.62. The van der Waals surface area contributed by atoms with Crippen LogP contribution >= 0.6 is 23.2 Å². The second kappa shape index (κ2) is 16.4. The van der Waals surface area contributed by atoms with Gasteiger partial charge in [0.25, 0.3) is 0 Å². The van der Waals surface area contributed by atoms with Crippen molar-refractivity contribution < 1.29 is 14.3 Å². The summed E-state index contributed by atoms with van der Waals surface area (Å²) < 4.78 is 10.5. The number of hydrazine groups is 1. The van der Waals surface area contributed by atoms with E-state index >= 15 is 0 Å². The molecule has 226 valence electrons. The van der Waals surface area contributed by atoms with E-state index in [0.717, 1.165) is 28.8 Å². The quantitative estimate of drug-likeness (QED) is 0.0845. The molecule has 0 fully saturated rings. The van der Waals surface area contributed by atoms with E-state index in [2.05, 4.69) is 50.5 Å². The van der Waals surface area contributed by atoms with Gasteiger partial charge in [-0.1, -0.05) is 80.2 Å². The zero-order valence-electron chi connectivity index (χ0n) is 25.4. The van der Waals surface area contributed by atoms with Gasteiger partial charge in [-0.05, 0) is 60.7 Å². The number of methoxy groups -OCH3 is 2. The first-order valence-electron chi connectivity index (χ1n) is 13.6. The number of benzene rings is 2. The lowest BCUT2D eigenvalue weighted by Gasteiger charge is -2.49. The van der Waals surface area contributed by atoms with Gasteiger partial charge in [-0.25, -0.2) is 9.80 Å². The van der Waals surface area contributed by atoms with Crippen molar-refractivity contribution in [1.82, 2.24) is 15.3 Å². The first kappa shape index (κ1) is 34.9. The van der Waals surface area contributed by atoms with Crippen LogP contribution in [0.15, 0.2) is 97.7 Å². The van der Waals surface area contributed by atoms with E-state index in [1.807, 2.05) is 54.6 Å². The predicted molar refractivity (Wildman–Crippen MR) is 175 cm³/mol. The SMILES string of the molecule is C=C/C=C\C(=C)N(Cc1cc(OC)c(CNCc2ccc(C(=O)OC)cc2)cc1Cl)N(C)C(C)(C(=C)Cl)[C@H](C)CC=C. The molecule has 2 atom stereocenters. The lowest BCUT2D eigenvalue weighted by molar-refractivity contribution is -0.0619. The maximum atomic E-state index is 11.7. The summed E-state index contributed by atoms with van der Waals surface area (Å²) in [4.78, 5) is 11.7. The minimum absolute atomic E-state index is 0.110. The Balaban J connectivity index is 2.33. The second-order valence-electron chi connectivity index (χ2n) is 10.2. The molecular formula is C34H43Cl2N3O3. The van der Waals surface area contributed by atoms with Crippen molar-refractivity contribution in [3.8, 4) is 5.75 Å². The summed E-state index contributed by atoms with van der Waals surface area (Å²) in [6.07, 6.45) is 8.07. The normalized spacial score (nSPS) is 13.3. The molecule has 0 aliphatic rings. The van der Waals surface area contributed by atoms with Crippen LogP contribution in [0, 0.1) is 5.92 Å². The Hall–Kier alpha value is -3.29. The Kier molecular flexibility index (Phi) is 13.6. The lowest BCUT2D eigenvalue weighted by atomic mass is 9.84. The highest BCUT2D eigenvalue weighted by molar-refractivity contribution is 6.31. The molecule has 6 nitrogen and oxygen atoms in total. The van der Waals surface area contributed by atoms with Crippen LogP contribution in [0.25, 0.3) is 0 Å². The van der Waals surface area contributed by atoms with E-state index in [-0.39, 0.29) is 11.9 Å². The highest BCUT2D eigenvalue weighted by atomic mass is 35.5. The summed E-state index contributed by atoms with van der Waals surface area (Å²) in [5.41, 5.74) is 3.43. The molecule has 2 rings (SSSR count). The Morgan fingerprint density at radius 1 is 1.12 bits per heavy atom. The van der Waals surface area contributed by atoms with Gasteiger partial charge in [-0.3, -0.25) is 0 Å². The molecule has 0 aliphatic carbocycles. The first-order chi connectivity index (χ1) is 19.9. The Labute approximate surface area is 261 Å². The minimum atomic E-state index is -0.615. The van der Waals surface area contributed by atoms with Crippen molar-refractivity contribution >= 4 is 29.2 Å². The number of nitrogens with zero attached hydrogens (tertiary/aromatic N) is 2. The molecule has 0 spiro atoms. The summed E-state index contributed by atoms with van der Waals surface area (Å²) in [6, 6.07) is 11.2. The van der Waals surface area contributed by atoms with Crippen molar-refractivity contribution in [2.45, 2.75) is 45.4 Å². The van der Waals surface area contributed by atoms with E-state index in [1.165, 1.54) is 7.11 Å². The molecule has 0 saturated carbocycles. The number of carbonyl (C=O) groups is 1. The van der Waals surface area contributed by atoms with E-state index < -0.39 is 5.54 Å². The van der Waals surface area contributed by atoms with Gasteiger partial charge >= 0.3 is 5.97 Å². The van der Waals surface area contributed by atoms with Crippen LogP contribution in [0.3, 0.4) is 0 Å². The van der Waals surface area contributed by atoms with Crippen molar-refractivity contribution in [3.63, 3.8) is 0 Å². The van der Waals surface area contributed by atoms with Crippen LogP contribution in [0.2, 0.25) is 5.02 Å². The number of ether oxygens (including phenoxy) is 2. The van der Waals surface area contributed by atoms with Crippen molar-refractivity contribution in [2.24, 2.45) is 5.92 Å². The van der Waals surface area contributed by atoms with E-state index in [9.17, 15) is 4.79 Å². The van der Waals surface area contributed by atoms with E-state index in [1.54, 1.807) is 25.3 Å². The number of hydrogen-bond donors (Lipinski definition) is 1. The van der Waals surface area contributed by atoms with Crippen LogP contribution < -0.4 is 10.1 Å². The molecule has 0 aliphatic heterocycles. The number of rotatable bonds is 17. The van der Waals surface area contributed by atoms with Crippen LogP contribution in [0.4, 0.5) is 0 Å². The number of carbonyl (C=O) groups excluding carboxylic acids is 1. The highest BCUT2D eigenvalue weighted by Crippen LogP contribution is 2.38. The molecule has 0 bridgehead atoms. The Morgan fingerprint density at radius 2 is 1.79 bits per heavy atom. The summed E-state index contributed by atoms with van der Waals surface area (Å²) in [5, 5.41) is 8.62. The minimum Gasteiger partial charge on any atom is -0.496 e. The summed E-state index contributed by atoms with van der Waals surface area (Å²) in [5.74, 6) is 0.462. The second-order valence-corrected chi connectivity index (χ2v) is 11.1. The van der Waals surface area contributed by atoms with Gasteiger partial charge in [0, 0.05) is 41.5 Å². The summed E-state index contributed by atoms with van der Waals surface area (Å²) in [6.45, 7) is 21.9. The Morgan fingerprint density at radius 3 is 2.33 bits per heavy atom. The monoisotopic (exact) mass is 611 g/mol. The maximum absolute atomic E-state index is 11.7. The summed E-state index contributed by atoms with van der Waals surface area (Å²) in [7, 11) is 4.98. The molecule has 0 heterocycles. The van der Waals surface area contributed by atoms with Gasteiger partial charge in [0.2, 0.25) is 0 Å². The molecule has 1 N–H and O–H groups in total. The van der Waals surface area contributed by atoms with E-state index in [0.29, 0.717) is 41.0 Å². The van der Waals surface area contributed by atoms with Crippen molar-refractivity contribution in [1.29, 1.82) is 0 Å².